The van der Waals surface area contributed by atoms with Crippen molar-refractivity contribution >= 4 is 17.8 Å². The molecule has 1 fully saturated rings. The van der Waals surface area contributed by atoms with Crippen LogP contribution in [0.3, 0.4) is 0 Å². The van der Waals surface area contributed by atoms with Crippen molar-refractivity contribution in [2.45, 2.75) is 6.04 Å². The molecule has 0 aromatic heterocycles. The maximum absolute atomic E-state index is 14.5. The first-order valence-corrected chi connectivity index (χ1v) is 9.85. The molecule has 4 nitrogen and oxygen atoms in total. The van der Waals surface area contributed by atoms with Crippen LogP contribution in [0, 0.1) is 5.82 Å². The van der Waals surface area contributed by atoms with Crippen LogP contribution in [0.4, 0.5) is 15.8 Å². The summed E-state index contributed by atoms with van der Waals surface area (Å²) in [6, 6.07) is 26.1. The highest BCUT2D eigenvalue weighted by molar-refractivity contribution is 5.72. The second kappa shape index (κ2) is 8.88. The molecule has 0 unspecified atom stereocenters. The number of nitrogens with one attached hydrogen (secondary N) is 1. The lowest BCUT2D eigenvalue weighted by atomic mass is 9.96. The highest BCUT2D eigenvalue weighted by atomic mass is 19.1. The summed E-state index contributed by atoms with van der Waals surface area (Å²) in [6.07, 6.45) is 0.556. The molecule has 3 aromatic rings. The van der Waals surface area contributed by atoms with Crippen molar-refractivity contribution in [1.29, 1.82) is 0 Å². The first-order chi connectivity index (χ1) is 14.3. The van der Waals surface area contributed by atoms with E-state index in [0.717, 1.165) is 26.2 Å². The number of halogens is 1. The Morgan fingerprint density at radius 2 is 1.41 bits per heavy atom. The van der Waals surface area contributed by atoms with Crippen molar-refractivity contribution in [2.24, 2.45) is 0 Å². The van der Waals surface area contributed by atoms with Gasteiger partial charge in [0.05, 0.1) is 11.7 Å². The number of amides is 1. The second-order valence-electron chi connectivity index (χ2n) is 7.18. The standard InChI is InChI=1S/C24H24FN3O/c25-22-17-21(26-18-29)11-12-23(22)27-13-15-28(16-14-27)24(19-7-3-1-4-8-19)20-9-5-2-6-10-20/h1-12,17-18,24H,13-16H2,(H,26,29). The van der Waals surface area contributed by atoms with E-state index in [-0.39, 0.29) is 11.9 Å². The first-order valence-electron chi connectivity index (χ1n) is 9.85. The van der Waals surface area contributed by atoms with Crippen molar-refractivity contribution in [3.8, 4) is 0 Å². The Hall–Kier alpha value is -3.18. The van der Waals surface area contributed by atoms with Crippen molar-refractivity contribution in [3.05, 3.63) is 95.8 Å². The van der Waals surface area contributed by atoms with Gasteiger partial charge in [-0.15, -0.1) is 0 Å². The van der Waals surface area contributed by atoms with Gasteiger partial charge in [0.2, 0.25) is 6.41 Å². The highest BCUT2D eigenvalue weighted by Crippen LogP contribution is 2.31. The molecule has 1 amide bonds. The van der Waals surface area contributed by atoms with Gasteiger partial charge in [-0.25, -0.2) is 4.39 Å². The Morgan fingerprint density at radius 3 is 1.93 bits per heavy atom. The Labute approximate surface area is 170 Å². The van der Waals surface area contributed by atoms with Crippen LogP contribution < -0.4 is 10.2 Å². The third-order valence-electron chi connectivity index (χ3n) is 5.42. The summed E-state index contributed by atoms with van der Waals surface area (Å²) in [6.45, 7) is 3.16. The first kappa shape index (κ1) is 19.2. The van der Waals surface area contributed by atoms with E-state index in [1.165, 1.54) is 17.2 Å². The Kier molecular flexibility index (Phi) is 5.86. The number of rotatable bonds is 6. The Bertz CT molecular complexity index is 901. The molecule has 0 aliphatic carbocycles. The highest BCUT2D eigenvalue weighted by Gasteiger charge is 2.27. The van der Waals surface area contributed by atoms with Gasteiger partial charge in [0, 0.05) is 31.9 Å². The molecule has 3 aromatic carbocycles. The molecule has 1 aliphatic heterocycles. The smallest absolute Gasteiger partial charge is 0.211 e. The average molecular weight is 389 g/mol. The third kappa shape index (κ3) is 4.30. The van der Waals surface area contributed by atoms with Gasteiger partial charge in [-0.05, 0) is 29.3 Å². The molecular weight excluding hydrogens is 365 g/mol. The van der Waals surface area contributed by atoms with Gasteiger partial charge in [-0.2, -0.15) is 0 Å². The molecule has 1 N–H and O–H groups in total. The zero-order chi connectivity index (χ0) is 20.1. The minimum Gasteiger partial charge on any atom is -0.367 e. The molecule has 4 rings (SSSR count). The van der Waals surface area contributed by atoms with Gasteiger partial charge in [-0.1, -0.05) is 60.7 Å². The average Bonchev–Trinajstić information content (AvgIpc) is 2.77. The summed E-state index contributed by atoms with van der Waals surface area (Å²) in [5.74, 6) is -0.312. The van der Waals surface area contributed by atoms with Crippen LogP contribution in [0.2, 0.25) is 0 Å². The van der Waals surface area contributed by atoms with Crippen LogP contribution in [0.1, 0.15) is 17.2 Å². The largest absolute Gasteiger partial charge is 0.367 e. The van der Waals surface area contributed by atoms with E-state index >= 15 is 0 Å². The summed E-state index contributed by atoms with van der Waals surface area (Å²) in [7, 11) is 0. The van der Waals surface area contributed by atoms with Crippen molar-refractivity contribution < 1.29 is 9.18 Å². The van der Waals surface area contributed by atoms with Gasteiger partial charge in [0.15, 0.2) is 0 Å². The molecular formula is C24H24FN3O. The lowest BCUT2D eigenvalue weighted by Gasteiger charge is -2.40. The molecule has 29 heavy (non-hydrogen) atoms. The van der Waals surface area contributed by atoms with E-state index < -0.39 is 0 Å². The fraction of sp³-hybridized carbons (Fsp3) is 0.208. The third-order valence-corrected chi connectivity index (χ3v) is 5.42. The molecule has 1 heterocycles. The number of benzene rings is 3. The van der Waals surface area contributed by atoms with Gasteiger partial charge in [-0.3, -0.25) is 9.69 Å². The second-order valence-corrected chi connectivity index (χ2v) is 7.18. The van der Waals surface area contributed by atoms with Crippen molar-refractivity contribution in [2.75, 3.05) is 36.4 Å². The van der Waals surface area contributed by atoms with Gasteiger partial charge >= 0.3 is 0 Å². The van der Waals surface area contributed by atoms with Crippen LogP contribution >= 0.6 is 0 Å². The van der Waals surface area contributed by atoms with E-state index in [0.29, 0.717) is 17.8 Å². The SMILES string of the molecule is O=CNc1ccc(N2CCN(C(c3ccccc3)c3ccccc3)CC2)c(F)c1. The number of hydrogen-bond donors (Lipinski definition) is 1. The van der Waals surface area contributed by atoms with Crippen LogP contribution in [0.15, 0.2) is 78.9 Å². The number of nitrogens with zero attached hydrogens (tertiary/aromatic N) is 2. The van der Waals surface area contributed by atoms with E-state index in [1.807, 2.05) is 12.1 Å². The molecule has 0 spiro atoms. The number of carbonyl (C=O) groups excluding carboxylic acids is 1. The van der Waals surface area contributed by atoms with Crippen LogP contribution in [-0.2, 0) is 4.79 Å². The fourth-order valence-corrected chi connectivity index (χ4v) is 4.03. The summed E-state index contributed by atoms with van der Waals surface area (Å²) in [5.41, 5.74) is 3.58. The van der Waals surface area contributed by atoms with Gasteiger partial charge < -0.3 is 10.2 Å². The fourth-order valence-electron chi connectivity index (χ4n) is 4.03. The van der Waals surface area contributed by atoms with E-state index in [4.69, 9.17) is 0 Å². The molecule has 0 radical (unpaired) electrons. The van der Waals surface area contributed by atoms with Crippen molar-refractivity contribution in [1.82, 2.24) is 4.90 Å². The number of piperazine rings is 1. The molecule has 1 saturated heterocycles. The van der Waals surface area contributed by atoms with Crippen LogP contribution in [-0.4, -0.2) is 37.5 Å². The molecule has 0 atom stereocenters. The summed E-state index contributed by atoms with van der Waals surface area (Å²) >= 11 is 0. The Balaban J connectivity index is 1.52. The summed E-state index contributed by atoms with van der Waals surface area (Å²) in [4.78, 5) is 15.1. The number of hydrogen-bond acceptors (Lipinski definition) is 3. The lowest BCUT2D eigenvalue weighted by Crippen LogP contribution is -2.48. The van der Waals surface area contributed by atoms with E-state index in [1.54, 1.807) is 12.1 Å². The van der Waals surface area contributed by atoms with Gasteiger partial charge in [0.1, 0.15) is 5.82 Å². The number of carbonyl (C=O) groups is 1. The lowest BCUT2D eigenvalue weighted by molar-refractivity contribution is -0.105. The number of anilines is 2. The normalized spacial score (nSPS) is 14.8. The van der Waals surface area contributed by atoms with E-state index in [2.05, 4.69) is 63.6 Å². The molecule has 148 valence electrons. The topological polar surface area (TPSA) is 35.6 Å². The molecule has 1 aliphatic rings. The minimum absolute atomic E-state index is 0.184. The molecule has 0 saturated carbocycles. The monoisotopic (exact) mass is 389 g/mol. The Morgan fingerprint density at radius 1 is 0.828 bits per heavy atom. The molecule has 0 bridgehead atoms. The minimum atomic E-state index is -0.312. The summed E-state index contributed by atoms with van der Waals surface area (Å²) < 4.78 is 14.5. The predicted octanol–water partition coefficient (Wildman–Crippen LogP) is 4.31. The summed E-state index contributed by atoms with van der Waals surface area (Å²) in [5, 5.41) is 2.49. The van der Waals surface area contributed by atoms with E-state index in [9.17, 15) is 9.18 Å². The maximum Gasteiger partial charge on any atom is 0.211 e. The quantitative estimate of drug-likeness (QED) is 0.639. The maximum atomic E-state index is 14.5. The molecule has 5 heteroatoms. The van der Waals surface area contributed by atoms with Crippen LogP contribution in [0.5, 0.6) is 0 Å². The van der Waals surface area contributed by atoms with Crippen LogP contribution in [0.25, 0.3) is 0 Å². The van der Waals surface area contributed by atoms with Gasteiger partial charge in [0.25, 0.3) is 0 Å². The zero-order valence-corrected chi connectivity index (χ0v) is 16.2. The predicted molar refractivity (Wildman–Crippen MR) is 115 cm³/mol. The van der Waals surface area contributed by atoms with Crippen molar-refractivity contribution in [3.63, 3.8) is 0 Å². The zero-order valence-electron chi connectivity index (χ0n) is 16.2.